The molecule has 0 spiro atoms. The molecule has 0 radical (unpaired) electrons. The number of carbonyl (C=O) groups is 1. The van der Waals surface area contributed by atoms with Gasteiger partial charge in [0.2, 0.25) is 0 Å². The summed E-state index contributed by atoms with van der Waals surface area (Å²) in [6.45, 7) is 6.54. The number of ether oxygens (including phenoxy) is 2. The molecular weight excluding hydrogens is 402 g/mol. The Labute approximate surface area is 189 Å². The van der Waals surface area contributed by atoms with Crippen molar-refractivity contribution in [1.82, 2.24) is 4.98 Å². The normalized spacial score (nSPS) is 14.6. The first-order chi connectivity index (χ1) is 15.3. The summed E-state index contributed by atoms with van der Waals surface area (Å²) >= 11 is 0. The number of hydrogen-bond donors (Lipinski definition) is 1. The van der Waals surface area contributed by atoms with Crippen LogP contribution < -0.4 is 9.47 Å². The van der Waals surface area contributed by atoms with E-state index in [1.54, 1.807) is 13.2 Å². The molecule has 1 fully saturated rings. The quantitative estimate of drug-likeness (QED) is 0.465. The zero-order chi connectivity index (χ0) is 22.9. The molecule has 1 aliphatic carbocycles. The number of hydrogen-bond acceptors (Lipinski definition) is 4. The highest BCUT2D eigenvalue weighted by molar-refractivity contribution is 5.99. The number of methoxy groups -OCH3 is 1. The first-order valence-corrected chi connectivity index (χ1v) is 11.3. The van der Waals surface area contributed by atoms with Crippen LogP contribution in [0.2, 0.25) is 0 Å². The molecule has 0 atom stereocenters. The highest BCUT2D eigenvalue weighted by Gasteiger charge is 2.23. The maximum Gasteiger partial charge on any atom is 0.354 e. The molecule has 4 rings (SSSR count). The third-order valence-corrected chi connectivity index (χ3v) is 6.34. The van der Waals surface area contributed by atoms with Crippen molar-refractivity contribution in [3.05, 3.63) is 59.4 Å². The second-order valence-corrected chi connectivity index (χ2v) is 9.68. The van der Waals surface area contributed by atoms with Gasteiger partial charge in [0, 0.05) is 10.8 Å². The molecule has 168 valence electrons. The van der Waals surface area contributed by atoms with Crippen LogP contribution in [0.5, 0.6) is 17.2 Å². The fourth-order valence-corrected chi connectivity index (χ4v) is 4.55. The van der Waals surface area contributed by atoms with Gasteiger partial charge in [0.05, 0.1) is 12.8 Å². The molecule has 1 aromatic heterocycles. The van der Waals surface area contributed by atoms with Gasteiger partial charge in [-0.25, -0.2) is 9.78 Å². The maximum absolute atomic E-state index is 11.8. The number of aromatic nitrogens is 1. The van der Waals surface area contributed by atoms with Gasteiger partial charge in [-0.1, -0.05) is 58.6 Å². The molecular formula is C27H31NO4. The molecule has 0 unspecified atom stereocenters. The number of benzene rings is 2. The molecule has 0 amide bonds. The lowest BCUT2D eigenvalue weighted by molar-refractivity contribution is 0.0690. The van der Waals surface area contributed by atoms with Crippen LogP contribution in [0.25, 0.3) is 10.8 Å². The average Bonchev–Trinajstić information content (AvgIpc) is 3.26. The van der Waals surface area contributed by atoms with E-state index in [4.69, 9.17) is 9.47 Å². The predicted molar refractivity (Wildman–Crippen MR) is 126 cm³/mol. The van der Waals surface area contributed by atoms with E-state index in [9.17, 15) is 9.90 Å². The summed E-state index contributed by atoms with van der Waals surface area (Å²) in [7, 11) is 1.60. The number of pyridine rings is 1. The summed E-state index contributed by atoms with van der Waals surface area (Å²) in [6, 6.07) is 13.4. The van der Waals surface area contributed by atoms with E-state index in [1.165, 1.54) is 18.4 Å². The smallest absolute Gasteiger partial charge is 0.354 e. The van der Waals surface area contributed by atoms with Crippen molar-refractivity contribution in [2.75, 3.05) is 7.11 Å². The Balaban J connectivity index is 1.82. The molecule has 5 heteroatoms. The maximum atomic E-state index is 11.8. The van der Waals surface area contributed by atoms with Crippen LogP contribution in [-0.2, 0) is 11.8 Å². The van der Waals surface area contributed by atoms with Gasteiger partial charge in [0.1, 0.15) is 22.9 Å². The molecule has 3 aromatic rings. The molecule has 1 heterocycles. The molecule has 32 heavy (non-hydrogen) atoms. The Kier molecular flexibility index (Phi) is 6.09. The summed E-state index contributed by atoms with van der Waals surface area (Å²) in [5.41, 5.74) is 2.11. The zero-order valence-corrected chi connectivity index (χ0v) is 19.3. The number of nitrogens with zero attached hydrogens (tertiary/aromatic N) is 1. The minimum atomic E-state index is -1.04. The van der Waals surface area contributed by atoms with Crippen LogP contribution in [0.3, 0.4) is 0 Å². The highest BCUT2D eigenvalue weighted by atomic mass is 16.5. The van der Waals surface area contributed by atoms with Crippen molar-refractivity contribution >= 4 is 16.7 Å². The van der Waals surface area contributed by atoms with Gasteiger partial charge in [0.25, 0.3) is 0 Å². The van der Waals surface area contributed by atoms with E-state index >= 15 is 0 Å². The molecule has 5 nitrogen and oxygen atoms in total. The van der Waals surface area contributed by atoms with Crippen LogP contribution in [0.4, 0.5) is 0 Å². The van der Waals surface area contributed by atoms with Crippen LogP contribution >= 0.6 is 0 Å². The minimum absolute atomic E-state index is 0.0375. The summed E-state index contributed by atoms with van der Waals surface area (Å²) in [5.74, 6) is 1.50. The second-order valence-electron chi connectivity index (χ2n) is 9.68. The van der Waals surface area contributed by atoms with Gasteiger partial charge in [0.15, 0.2) is 0 Å². The Morgan fingerprint density at radius 3 is 2.31 bits per heavy atom. The van der Waals surface area contributed by atoms with Crippen molar-refractivity contribution in [1.29, 1.82) is 0 Å². The minimum Gasteiger partial charge on any atom is -0.496 e. The monoisotopic (exact) mass is 433 g/mol. The Bertz CT molecular complexity index is 1120. The molecule has 2 aromatic carbocycles. The Morgan fingerprint density at radius 2 is 1.72 bits per heavy atom. The van der Waals surface area contributed by atoms with Gasteiger partial charge in [-0.15, -0.1) is 0 Å². The number of carboxylic acid groups (broad SMARTS) is 1. The van der Waals surface area contributed by atoms with Crippen LogP contribution in [0.1, 0.15) is 68.2 Å². The molecule has 1 saturated carbocycles. The fourth-order valence-electron chi connectivity index (χ4n) is 4.55. The molecule has 1 aliphatic rings. The standard InChI is InChI=1S/C27H31NO4/c1-27(2,3)18-9-11-19(12-10-18)32-24-14-13-23(31-4)20-16-22(26(29)30)28-21(25(20)24)15-17-7-5-6-8-17/h9-14,16-17H,5-8,15H2,1-4H3,(H,29,30). The number of rotatable bonds is 6. The van der Waals surface area contributed by atoms with Crippen molar-refractivity contribution in [3.63, 3.8) is 0 Å². The van der Waals surface area contributed by atoms with E-state index in [-0.39, 0.29) is 11.1 Å². The summed E-state index contributed by atoms with van der Waals surface area (Å²) in [6.07, 6.45) is 5.47. The number of aromatic carboxylic acids is 1. The largest absolute Gasteiger partial charge is 0.496 e. The Hall–Kier alpha value is -3.08. The summed E-state index contributed by atoms with van der Waals surface area (Å²) < 4.78 is 11.9. The molecule has 0 aliphatic heterocycles. The van der Waals surface area contributed by atoms with Crippen LogP contribution in [0.15, 0.2) is 42.5 Å². The van der Waals surface area contributed by atoms with Gasteiger partial charge >= 0.3 is 5.97 Å². The SMILES string of the molecule is COc1ccc(Oc2ccc(C(C)(C)C)cc2)c2c(CC3CCCC3)nc(C(=O)O)cc12. The van der Waals surface area contributed by atoms with Gasteiger partial charge in [-0.05, 0) is 53.6 Å². The first-order valence-electron chi connectivity index (χ1n) is 11.3. The van der Waals surface area contributed by atoms with E-state index < -0.39 is 5.97 Å². The van der Waals surface area contributed by atoms with Gasteiger partial charge in [-0.3, -0.25) is 0 Å². The lowest BCUT2D eigenvalue weighted by Crippen LogP contribution is -2.10. The van der Waals surface area contributed by atoms with Gasteiger partial charge < -0.3 is 14.6 Å². The third kappa shape index (κ3) is 4.57. The van der Waals surface area contributed by atoms with Crippen LogP contribution in [0, 0.1) is 5.92 Å². The fraction of sp³-hybridized carbons (Fsp3) is 0.407. The topological polar surface area (TPSA) is 68.7 Å². The van der Waals surface area contributed by atoms with Crippen molar-refractivity contribution in [2.45, 2.75) is 58.3 Å². The van der Waals surface area contributed by atoms with E-state index in [0.29, 0.717) is 17.4 Å². The van der Waals surface area contributed by atoms with Crippen molar-refractivity contribution in [2.24, 2.45) is 5.92 Å². The van der Waals surface area contributed by atoms with E-state index in [1.807, 2.05) is 24.3 Å². The molecule has 0 bridgehead atoms. The van der Waals surface area contributed by atoms with Gasteiger partial charge in [-0.2, -0.15) is 0 Å². The predicted octanol–water partition coefficient (Wildman–Crippen LogP) is 6.76. The lowest BCUT2D eigenvalue weighted by atomic mass is 9.87. The third-order valence-electron chi connectivity index (χ3n) is 6.34. The van der Waals surface area contributed by atoms with Crippen molar-refractivity contribution in [3.8, 4) is 17.2 Å². The summed E-state index contributed by atoms with van der Waals surface area (Å²) in [5, 5.41) is 11.2. The molecule has 1 N–H and O–H groups in total. The van der Waals surface area contributed by atoms with Crippen LogP contribution in [-0.4, -0.2) is 23.2 Å². The van der Waals surface area contributed by atoms with Crippen molar-refractivity contribution < 1.29 is 19.4 Å². The zero-order valence-electron chi connectivity index (χ0n) is 19.3. The summed E-state index contributed by atoms with van der Waals surface area (Å²) in [4.78, 5) is 16.3. The van der Waals surface area contributed by atoms with E-state index in [0.717, 1.165) is 41.5 Å². The second kappa shape index (κ2) is 8.81. The first kappa shape index (κ1) is 22.1. The number of carboxylic acids is 1. The lowest BCUT2D eigenvalue weighted by Gasteiger charge is -2.20. The van der Waals surface area contributed by atoms with E-state index in [2.05, 4.69) is 37.9 Å². The Morgan fingerprint density at radius 1 is 1.06 bits per heavy atom. The molecule has 0 saturated heterocycles. The highest BCUT2D eigenvalue weighted by Crippen LogP contribution is 2.40. The number of fused-ring (bicyclic) bond motifs is 1. The average molecular weight is 434 g/mol.